The van der Waals surface area contributed by atoms with Crippen LogP contribution in [0.1, 0.15) is 28.9 Å². The predicted octanol–water partition coefficient (Wildman–Crippen LogP) is 5.40. The van der Waals surface area contributed by atoms with Crippen molar-refractivity contribution in [3.05, 3.63) is 96.1 Å². The third kappa shape index (κ3) is 3.97. The Hall–Kier alpha value is -3.66. The fraction of sp³-hybridized carbons (Fsp3) is 0.120. The zero-order valence-corrected chi connectivity index (χ0v) is 16.4. The Balaban J connectivity index is 1.71. The number of benzene rings is 3. The summed E-state index contributed by atoms with van der Waals surface area (Å²) in [5, 5.41) is 3.95. The van der Waals surface area contributed by atoms with Gasteiger partial charge in [0.1, 0.15) is 5.75 Å². The van der Waals surface area contributed by atoms with Gasteiger partial charge in [0, 0.05) is 10.9 Å². The van der Waals surface area contributed by atoms with Crippen LogP contribution in [0, 0.1) is 0 Å². The summed E-state index contributed by atoms with van der Waals surface area (Å²) in [5.74, 6) is 0.639. The van der Waals surface area contributed by atoms with Crippen molar-refractivity contribution in [3.63, 3.8) is 0 Å². The van der Waals surface area contributed by atoms with Crippen LogP contribution in [0.4, 0.5) is 0 Å². The molecule has 0 saturated carbocycles. The van der Waals surface area contributed by atoms with Gasteiger partial charge in [-0.2, -0.15) is 0 Å². The van der Waals surface area contributed by atoms with E-state index in [9.17, 15) is 4.79 Å². The van der Waals surface area contributed by atoms with Crippen LogP contribution in [-0.4, -0.2) is 18.0 Å². The van der Waals surface area contributed by atoms with E-state index in [-0.39, 0.29) is 11.9 Å². The summed E-state index contributed by atoms with van der Waals surface area (Å²) in [7, 11) is 1.64. The first-order chi connectivity index (χ1) is 14.2. The molecule has 0 radical (unpaired) electrons. The SMILES string of the molecule is COc1cccc([C@@H](C)NC(=O)c2cc(-c3ccccc3)nc3ccccc23)c1. The monoisotopic (exact) mass is 382 g/mol. The maximum absolute atomic E-state index is 13.2. The maximum atomic E-state index is 13.2. The number of fused-ring (bicyclic) bond motifs is 1. The Morgan fingerprint density at radius 1 is 0.931 bits per heavy atom. The van der Waals surface area contributed by atoms with Crippen LogP contribution < -0.4 is 10.1 Å². The average Bonchev–Trinajstić information content (AvgIpc) is 2.78. The van der Waals surface area contributed by atoms with E-state index in [1.165, 1.54) is 0 Å². The summed E-state index contributed by atoms with van der Waals surface area (Å²) in [6, 6.07) is 27.1. The third-order valence-corrected chi connectivity index (χ3v) is 4.97. The predicted molar refractivity (Wildman–Crippen MR) is 116 cm³/mol. The summed E-state index contributed by atoms with van der Waals surface area (Å²) in [5.41, 5.74) is 4.16. The minimum atomic E-state index is -0.162. The topological polar surface area (TPSA) is 51.2 Å². The van der Waals surface area contributed by atoms with Crippen LogP contribution in [0.5, 0.6) is 5.75 Å². The number of carbonyl (C=O) groups is 1. The van der Waals surface area contributed by atoms with Gasteiger partial charge in [-0.15, -0.1) is 0 Å². The zero-order valence-electron chi connectivity index (χ0n) is 16.4. The second kappa shape index (κ2) is 8.15. The van der Waals surface area contributed by atoms with Crippen LogP contribution in [0.15, 0.2) is 84.9 Å². The molecular formula is C25H22N2O2. The molecule has 29 heavy (non-hydrogen) atoms. The molecule has 4 heteroatoms. The summed E-state index contributed by atoms with van der Waals surface area (Å²) in [6.45, 7) is 1.97. The summed E-state index contributed by atoms with van der Waals surface area (Å²) in [6.07, 6.45) is 0. The van der Waals surface area contributed by atoms with Gasteiger partial charge in [0.15, 0.2) is 0 Å². The van der Waals surface area contributed by atoms with Gasteiger partial charge in [-0.05, 0) is 36.8 Å². The van der Waals surface area contributed by atoms with Crippen LogP contribution >= 0.6 is 0 Å². The lowest BCUT2D eigenvalue weighted by molar-refractivity contribution is 0.0941. The van der Waals surface area contributed by atoms with Crippen molar-refractivity contribution in [3.8, 4) is 17.0 Å². The van der Waals surface area contributed by atoms with E-state index in [0.29, 0.717) is 5.56 Å². The zero-order chi connectivity index (χ0) is 20.2. The van der Waals surface area contributed by atoms with E-state index < -0.39 is 0 Å². The number of hydrogen-bond acceptors (Lipinski definition) is 3. The van der Waals surface area contributed by atoms with E-state index >= 15 is 0 Å². The lowest BCUT2D eigenvalue weighted by Gasteiger charge is -2.17. The third-order valence-electron chi connectivity index (χ3n) is 4.97. The van der Waals surface area contributed by atoms with Gasteiger partial charge < -0.3 is 10.1 Å². The fourth-order valence-electron chi connectivity index (χ4n) is 3.39. The minimum absolute atomic E-state index is 0.129. The number of para-hydroxylation sites is 1. The summed E-state index contributed by atoms with van der Waals surface area (Å²) >= 11 is 0. The molecule has 144 valence electrons. The van der Waals surface area contributed by atoms with Crippen LogP contribution in [-0.2, 0) is 0 Å². The molecule has 0 fully saturated rings. The molecule has 4 rings (SSSR count). The van der Waals surface area contributed by atoms with Gasteiger partial charge in [0.2, 0.25) is 0 Å². The summed E-state index contributed by atoms with van der Waals surface area (Å²) in [4.78, 5) is 18.0. The lowest BCUT2D eigenvalue weighted by Crippen LogP contribution is -2.27. The van der Waals surface area contributed by atoms with Crippen LogP contribution in [0.25, 0.3) is 22.2 Å². The number of ether oxygens (including phenoxy) is 1. The number of amides is 1. The van der Waals surface area contributed by atoms with Crippen molar-refractivity contribution >= 4 is 16.8 Å². The molecule has 0 spiro atoms. The van der Waals surface area contributed by atoms with Gasteiger partial charge in [-0.1, -0.05) is 60.7 Å². The number of methoxy groups -OCH3 is 1. The molecule has 4 nitrogen and oxygen atoms in total. The van der Waals surface area contributed by atoms with Crippen LogP contribution in [0.2, 0.25) is 0 Å². The number of rotatable bonds is 5. The van der Waals surface area contributed by atoms with Crippen molar-refractivity contribution < 1.29 is 9.53 Å². The number of nitrogens with zero attached hydrogens (tertiary/aromatic N) is 1. The van der Waals surface area contributed by atoms with Gasteiger partial charge in [-0.25, -0.2) is 4.98 Å². The molecule has 3 aromatic carbocycles. The van der Waals surface area contributed by atoms with Crippen molar-refractivity contribution in [2.45, 2.75) is 13.0 Å². The van der Waals surface area contributed by atoms with E-state index in [0.717, 1.165) is 33.5 Å². The first-order valence-electron chi connectivity index (χ1n) is 9.56. The Morgan fingerprint density at radius 3 is 2.48 bits per heavy atom. The number of pyridine rings is 1. The molecule has 1 N–H and O–H groups in total. The molecule has 0 aliphatic carbocycles. The van der Waals surface area contributed by atoms with E-state index in [4.69, 9.17) is 9.72 Å². The highest BCUT2D eigenvalue weighted by Gasteiger charge is 2.17. The van der Waals surface area contributed by atoms with Gasteiger partial charge in [-0.3, -0.25) is 4.79 Å². The molecular weight excluding hydrogens is 360 g/mol. The normalized spacial score (nSPS) is 11.8. The lowest BCUT2D eigenvalue weighted by atomic mass is 10.0. The Labute approximate surface area is 170 Å². The van der Waals surface area contributed by atoms with Gasteiger partial charge in [0.05, 0.1) is 29.9 Å². The highest BCUT2D eigenvalue weighted by atomic mass is 16.5. The van der Waals surface area contributed by atoms with Crippen molar-refractivity contribution in [2.24, 2.45) is 0 Å². The molecule has 0 aliphatic rings. The van der Waals surface area contributed by atoms with Gasteiger partial charge >= 0.3 is 0 Å². The highest BCUT2D eigenvalue weighted by molar-refractivity contribution is 6.07. The second-order valence-corrected chi connectivity index (χ2v) is 6.91. The first kappa shape index (κ1) is 18.7. The minimum Gasteiger partial charge on any atom is -0.497 e. The Morgan fingerprint density at radius 2 is 1.69 bits per heavy atom. The molecule has 1 aromatic heterocycles. The molecule has 1 heterocycles. The second-order valence-electron chi connectivity index (χ2n) is 6.91. The molecule has 4 aromatic rings. The number of aromatic nitrogens is 1. The van der Waals surface area contributed by atoms with Gasteiger partial charge in [0.25, 0.3) is 5.91 Å². The molecule has 1 amide bonds. The molecule has 0 saturated heterocycles. The standard InChI is InChI=1S/C25H22N2O2/c1-17(19-11-8-12-20(15-19)29-2)26-25(28)22-16-24(18-9-4-3-5-10-18)27-23-14-7-6-13-21(22)23/h3-17H,1-2H3,(H,26,28)/t17-/m1/s1. The number of carbonyl (C=O) groups excluding carboxylic acids is 1. The smallest absolute Gasteiger partial charge is 0.252 e. The van der Waals surface area contributed by atoms with E-state index in [1.54, 1.807) is 7.11 Å². The molecule has 0 aliphatic heterocycles. The molecule has 0 bridgehead atoms. The van der Waals surface area contributed by atoms with E-state index in [2.05, 4.69) is 5.32 Å². The fourth-order valence-corrected chi connectivity index (χ4v) is 3.39. The van der Waals surface area contributed by atoms with Crippen molar-refractivity contribution in [1.29, 1.82) is 0 Å². The number of hydrogen-bond donors (Lipinski definition) is 1. The highest BCUT2D eigenvalue weighted by Crippen LogP contribution is 2.26. The summed E-state index contributed by atoms with van der Waals surface area (Å²) < 4.78 is 5.30. The van der Waals surface area contributed by atoms with Crippen LogP contribution in [0.3, 0.4) is 0 Å². The Kier molecular flexibility index (Phi) is 5.25. The van der Waals surface area contributed by atoms with Crippen molar-refractivity contribution in [1.82, 2.24) is 10.3 Å². The first-order valence-corrected chi connectivity index (χ1v) is 9.56. The Bertz CT molecular complexity index is 1160. The van der Waals surface area contributed by atoms with Crippen molar-refractivity contribution in [2.75, 3.05) is 7.11 Å². The quantitative estimate of drug-likeness (QED) is 0.503. The average molecular weight is 382 g/mol. The number of nitrogens with one attached hydrogen (secondary N) is 1. The molecule has 0 unspecified atom stereocenters. The molecule has 1 atom stereocenters. The maximum Gasteiger partial charge on any atom is 0.252 e. The largest absolute Gasteiger partial charge is 0.497 e. The van der Waals surface area contributed by atoms with E-state index in [1.807, 2.05) is 91.9 Å².